The van der Waals surface area contributed by atoms with Gasteiger partial charge in [-0.1, -0.05) is 6.92 Å². The van der Waals surface area contributed by atoms with Gasteiger partial charge in [0.05, 0.1) is 12.0 Å². The molecule has 0 saturated heterocycles. The average molecular weight is 315 g/mol. The summed E-state index contributed by atoms with van der Waals surface area (Å²) < 4.78 is 49.7. The van der Waals surface area contributed by atoms with Gasteiger partial charge in [-0.2, -0.15) is 4.31 Å². The molecule has 0 radical (unpaired) electrons. The Balaban J connectivity index is 4.36. The van der Waals surface area contributed by atoms with Gasteiger partial charge in [0.2, 0.25) is 20.0 Å². The van der Waals surface area contributed by atoms with E-state index >= 15 is 0 Å². The lowest BCUT2D eigenvalue weighted by atomic mass is 10.5. The lowest BCUT2D eigenvalue weighted by molar-refractivity contribution is 0.336. The Kier molecular flexibility index (Phi) is 8.06. The monoisotopic (exact) mass is 315 g/mol. The Labute approximate surface area is 117 Å². The molecule has 0 aromatic rings. The SMILES string of the molecule is CCCS(=O)(=O)NCCN(CCN(C)C)S(C)(=O)=O. The highest BCUT2D eigenvalue weighted by Crippen LogP contribution is 1.98. The molecule has 19 heavy (non-hydrogen) atoms. The minimum atomic E-state index is -3.32. The first kappa shape index (κ1) is 18.8. The van der Waals surface area contributed by atoms with Crippen molar-refractivity contribution in [1.29, 1.82) is 0 Å². The summed E-state index contributed by atoms with van der Waals surface area (Å²) >= 11 is 0. The van der Waals surface area contributed by atoms with Gasteiger partial charge in [0.1, 0.15) is 0 Å². The topological polar surface area (TPSA) is 86.8 Å². The fourth-order valence-corrected chi connectivity index (χ4v) is 3.34. The summed E-state index contributed by atoms with van der Waals surface area (Å²) in [6, 6.07) is 0. The third-order valence-corrected chi connectivity index (χ3v) is 5.31. The van der Waals surface area contributed by atoms with Crippen LogP contribution in [0.15, 0.2) is 0 Å². The molecular formula is C10H25N3O4S2. The van der Waals surface area contributed by atoms with Gasteiger partial charge in [0, 0.05) is 26.2 Å². The summed E-state index contributed by atoms with van der Waals surface area (Å²) in [5.41, 5.74) is 0. The second kappa shape index (κ2) is 8.15. The fraction of sp³-hybridized carbons (Fsp3) is 1.00. The van der Waals surface area contributed by atoms with E-state index in [-0.39, 0.29) is 18.8 Å². The highest BCUT2D eigenvalue weighted by Gasteiger charge is 2.17. The summed E-state index contributed by atoms with van der Waals surface area (Å²) in [6.07, 6.45) is 1.66. The second-order valence-corrected chi connectivity index (χ2v) is 8.59. The lowest BCUT2D eigenvalue weighted by Gasteiger charge is -2.22. The first-order valence-corrected chi connectivity index (χ1v) is 9.65. The van der Waals surface area contributed by atoms with Gasteiger partial charge >= 0.3 is 0 Å². The molecule has 0 aliphatic heterocycles. The zero-order valence-electron chi connectivity index (χ0n) is 12.1. The molecule has 0 aliphatic rings. The summed E-state index contributed by atoms with van der Waals surface area (Å²) in [5.74, 6) is 0.0591. The van der Waals surface area contributed by atoms with E-state index in [0.29, 0.717) is 19.5 Å². The molecule has 9 heteroatoms. The number of sulfonamides is 2. The number of nitrogens with one attached hydrogen (secondary N) is 1. The van der Waals surface area contributed by atoms with E-state index < -0.39 is 20.0 Å². The predicted molar refractivity (Wildman–Crippen MR) is 77.1 cm³/mol. The van der Waals surface area contributed by atoms with Crippen molar-refractivity contribution in [2.45, 2.75) is 13.3 Å². The van der Waals surface area contributed by atoms with Crippen LogP contribution in [0.25, 0.3) is 0 Å². The molecule has 0 bridgehead atoms. The molecule has 0 spiro atoms. The van der Waals surface area contributed by atoms with E-state index in [1.54, 1.807) is 6.92 Å². The molecule has 0 heterocycles. The predicted octanol–water partition coefficient (Wildman–Crippen LogP) is -0.861. The largest absolute Gasteiger partial charge is 0.308 e. The molecule has 0 rings (SSSR count). The smallest absolute Gasteiger partial charge is 0.211 e. The van der Waals surface area contributed by atoms with Gasteiger partial charge in [-0.3, -0.25) is 0 Å². The minimum absolute atomic E-state index is 0.0591. The van der Waals surface area contributed by atoms with Crippen LogP contribution in [0, 0.1) is 0 Å². The Bertz CT molecular complexity index is 445. The molecule has 0 amide bonds. The first-order chi connectivity index (χ1) is 8.58. The van der Waals surface area contributed by atoms with Crippen LogP contribution in [-0.4, -0.2) is 78.3 Å². The molecule has 0 saturated carbocycles. The van der Waals surface area contributed by atoms with Crippen LogP contribution in [0.4, 0.5) is 0 Å². The van der Waals surface area contributed by atoms with E-state index in [4.69, 9.17) is 0 Å². The van der Waals surface area contributed by atoms with Crippen LogP contribution < -0.4 is 4.72 Å². The van der Waals surface area contributed by atoms with Gasteiger partial charge in [-0.25, -0.2) is 21.6 Å². The zero-order valence-corrected chi connectivity index (χ0v) is 13.7. The minimum Gasteiger partial charge on any atom is -0.308 e. The Hall–Kier alpha value is -0.220. The van der Waals surface area contributed by atoms with Crippen molar-refractivity contribution in [1.82, 2.24) is 13.9 Å². The molecule has 0 aromatic carbocycles. The van der Waals surface area contributed by atoms with Crippen LogP contribution in [0.5, 0.6) is 0 Å². The Morgan fingerprint density at radius 3 is 2.00 bits per heavy atom. The molecule has 1 N–H and O–H groups in total. The van der Waals surface area contributed by atoms with E-state index in [2.05, 4.69) is 4.72 Å². The summed E-state index contributed by atoms with van der Waals surface area (Å²) in [7, 11) is -2.90. The van der Waals surface area contributed by atoms with Crippen molar-refractivity contribution in [2.24, 2.45) is 0 Å². The first-order valence-electron chi connectivity index (χ1n) is 6.15. The van der Waals surface area contributed by atoms with E-state index in [1.165, 1.54) is 4.31 Å². The fourth-order valence-electron chi connectivity index (χ4n) is 1.42. The Morgan fingerprint density at radius 1 is 1.00 bits per heavy atom. The highest BCUT2D eigenvalue weighted by molar-refractivity contribution is 7.89. The van der Waals surface area contributed by atoms with E-state index in [1.807, 2.05) is 19.0 Å². The summed E-state index contributed by atoms with van der Waals surface area (Å²) in [6.45, 7) is 2.97. The van der Waals surface area contributed by atoms with Crippen molar-refractivity contribution in [2.75, 3.05) is 52.3 Å². The van der Waals surface area contributed by atoms with Crippen molar-refractivity contribution in [3.8, 4) is 0 Å². The summed E-state index contributed by atoms with van der Waals surface area (Å²) in [4.78, 5) is 1.87. The number of hydrogen-bond donors (Lipinski definition) is 1. The van der Waals surface area contributed by atoms with E-state index in [0.717, 1.165) is 6.26 Å². The molecular weight excluding hydrogens is 290 g/mol. The second-order valence-electron chi connectivity index (χ2n) is 4.68. The van der Waals surface area contributed by atoms with Crippen molar-refractivity contribution < 1.29 is 16.8 Å². The standard InChI is InChI=1S/C10H25N3O4S2/c1-5-10-19(16,17)11-6-7-13(18(4,14)15)9-8-12(2)3/h11H,5-10H2,1-4H3. The molecule has 0 atom stereocenters. The van der Waals surface area contributed by atoms with Crippen LogP contribution in [0.1, 0.15) is 13.3 Å². The van der Waals surface area contributed by atoms with Crippen molar-refractivity contribution in [3.05, 3.63) is 0 Å². The normalized spacial score (nSPS) is 13.4. The molecule has 7 nitrogen and oxygen atoms in total. The number of nitrogens with zero attached hydrogens (tertiary/aromatic N) is 2. The maximum atomic E-state index is 11.6. The van der Waals surface area contributed by atoms with Gasteiger partial charge in [0.25, 0.3) is 0 Å². The van der Waals surface area contributed by atoms with E-state index in [9.17, 15) is 16.8 Å². The number of rotatable bonds is 10. The number of hydrogen-bond acceptors (Lipinski definition) is 5. The van der Waals surface area contributed by atoms with Gasteiger partial charge in [-0.15, -0.1) is 0 Å². The molecule has 0 aromatic heterocycles. The molecule has 0 aliphatic carbocycles. The molecule has 0 unspecified atom stereocenters. The van der Waals surface area contributed by atoms with Crippen LogP contribution in [-0.2, 0) is 20.0 Å². The van der Waals surface area contributed by atoms with Gasteiger partial charge < -0.3 is 4.90 Å². The maximum absolute atomic E-state index is 11.6. The third kappa shape index (κ3) is 9.33. The average Bonchev–Trinajstić information content (AvgIpc) is 2.20. The van der Waals surface area contributed by atoms with Crippen LogP contribution >= 0.6 is 0 Å². The summed E-state index contributed by atoms with van der Waals surface area (Å²) in [5, 5.41) is 0. The van der Waals surface area contributed by atoms with Crippen molar-refractivity contribution in [3.63, 3.8) is 0 Å². The Morgan fingerprint density at radius 2 is 1.58 bits per heavy atom. The maximum Gasteiger partial charge on any atom is 0.211 e. The van der Waals surface area contributed by atoms with Gasteiger partial charge in [0.15, 0.2) is 0 Å². The molecule has 0 fully saturated rings. The van der Waals surface area contributed by atoms with Crippen molar-refractivity contribution >= 4 is 20.0 Å². The quantitative estimate of drug-likeness (QED) is 0.567. The van der Waals surface area contributed by atoms with Crippen LogP contribution in [0.2, 0.25) is 0 Å². The lowest BCUT2D eigenvalue weighted by Crippen LogP contribution is -2.41. The molecule has 116 valence electrons. The zero-order chi connectivity index (χ0) is 15.1. The van der Waals surface area contributed by atoms with Crippen LogP contribution in [0.3, 0.4) is 0 Å². The third-order valence-electron chi connectivity index (χ3n) is 2.42. The highest BCUT2D eigenvalue weighted by atomic mass is 32.2. The number of likely N-dealkylation sites (N-methyl/N-ethyl adjacent to an activating group) is 1. The van der Waals surface area contributed by atoms with Gasteiger partial charge in [-0.05, 0) is 20.5 Å².